The lowest BCUT2D eigenvalue weighted by Gasteiger charge is -2.13. The van der Waals surface area contributed by atoms with E-state index in [0.717, 1.165) is 30.8 Å². The van der Waals surface area contributed by atoms with Gasteiger partial charge in [-0.2, -0.15) is 31.3 Å². The molecule has 2 aromatic heterocycles. The highest BCUT2D eigenvalue weighted by molar-refractivity contribution is 6.32. The van der Waals surface area contributed by atoms with Crippen LogP contribution in [0.3, 0.4) is 0 Å². The van der Waals surface area contributed by atoms with E-state index < -0.39 is 45.6 Å². The van der Waals surface area contributed by atoms with Crippen molar-refractivity contribution in [3.8, 4) is 0 Å². The third-order valence-corrected chi connectivity index (χ3v) is 6.91. The SMILES string of the molecule is Cc1cc(Cl)nc(NC(=O)Nc2ccc(Cl)c(C(F)(F)F)c2)n1.Cc1cc(NCCN(C)C)nc(NC(=O)Nc2ccc(Cl)c(C(F)(F)F)c2)n1. The summed E-state index contributed by atoms with van der Waals surface area (Å²) in [6.45, 7) is 4.80. The van der Waals surface area contributed by atoms with Crippen LogP contribution >= 0.6 is 34.8 Å². The van der Waals surface area contributed by atoms with E-state index in [0.29, 0.717) is 23.8 Å². The Labute approximate surface area is 302 Å². The van der Waals surface area contributed by atoms with E-state index in [-0.39, 0.29) is 28.4 Å². The summed E-state index contributed by atoms with van der Waals surface area (Å²) in [5.74, 6) is 0.475. The number of alkyl halides is 6. The Bertz CT molecular complexity index is 1840. The molecule has 0 radical (unpaired) electrons. The molecule has 2 heterocycles. The molecule has 4 rings (SSSR count). The van der Waals surface area contributed by atoms with Gasteiger partial charge in [-0.15, -0.1) is 0 Å². The van der Waals surface area contributed by atoms with Crippen molar-refractivity contribution in [2.24, 2.45) is 0 Å². The molecule has 0 unspecified atom stereocenters. The normalized spacial score (nSPS) is 11.3. The Kier molecular flexibility index (Phi) is 14.0. The van der Waals surface area contributed by atoms with Crippen molar-refractivity contribution in [3.05, 3.63) is 86.2 Å². The van der Waals surface area contributed by atoms with E-state index in [1.807, 2.05) is 19.0 Å². The van der Waals surface area contributed by atoms with Crippen molar-refractivity contribution in [1.29, 1.82) is 0 Å². The number of carbonyl (C=O) groups excluding carboxylic acids is 2. The zero-order valence-corrected chi connectivity index (χ0v) is 29.3. The third kappa shape index (κ3) is 13.5. The average molecular weight is 782 g/mol. The van der Waals surface area contributed by atoms with Crippen LogP contribution in [0.2, 0.25) is 15.2 Å². The van der Waals surface area contributed by atoms with Crippen molar-refractivity contribution in [2.75, 3.05) is 53.8 Å². The maximum Gasteiger partial charge on any atom is 0.417 e. The van der Waals surface area contributed by atoms with Gasteiger partial charge in [-0.25, -0.2) is 24.5 Å². The smallest absolute Gasteiger partial charge is 0.369 e. The molecule has 0 bridgehead atoms. The van der Waals surface area contributed by atoms with Crippen molar-refractivity contribution >= 4 is 76.0 Å². The first kappa shape index (κ1) is 40.8. The number of aryl methyl sites for hydroxylation is 2. The predicted molar refractivity (Wildman–Crippen MR) is 184 cm³/mol. The second kappa shape index (κ2) is 17.5. The van der Waals surface area contributed by atoms with E-state index >= 15 is 0 Å². The van der Waals surface area contributed by atoms with Gasteiger partial charge < -0.3 is 20.9 Å². The van der Waals surface area contributed by atoms with Gasteiger partial charge in [0.2, 0.25) is 11.9 Å². The Balaban J connectivity index is 0.000000281. The molecule has 0 aliphatic rings. The standard InChI is InChI=1S/C17H20ClF3N6O.C13H9Cl2F3N4O/c1-10-8-14(22-6-7-27(2)3)25-15(23-10)26-16(28)24-11-4-5-13(18)12(9-11)17(19,20)21;1-6-4-10(15)21-11(19-6)22-12(23)20-7-2-3-9(14)8(5-7)13(16,17)18/h4-5,8-9H,6-7H2,1-3H3,(H3,22,23,24,25,26,28);2-5H,1H3,(H2,19,20,21,22,23). The summed E-state index contributed by atoms with van der Waals surface area (Å²) >= 11 is 16.8. The first-order valence-corrected chi connectivity index (χ1v) is 15.5. The van der Waals surface area contributed by atoms with Gasteiger partial charge in [0.1, 0.15) is 11.0 Å². The number of nitrogens with zero attached hydrogens (tertiary/aromatic N) is 5. The summed E-state index contributed by atoms with van der Waals surface area (Å²) < 4.78 is 77.0. The minimum atomic E-state index is -4.63. The summed E-state index contributed by atoms with van der Waals surface area (Å²) in [4.78, 5) is 41.8. The number of carbonyl (C=O) groups is 2. The van der Waals surface area contributed by atoms with Crippen LogP contribution in [0, 0.1) is 13.8 Å². The fourth-order valence-corrected chi connectivity index (χ4v) is 4.56. The summed E-state index contributed by atoms with van der Waals surface area (Å²) in [6.07, 6.45) is -9.25. The molecule has 0 fully saturated rings. The minimum Gasteiger partial charge on any atom is -0.369 e. The predicted octanol–water partition coefficient (Wildman–Crippen LogP) is 8.83. The van der Waals surface area contributed by atoms with Gasteiger partial charge in [0.05, 0.1) is 21.2 Å². The van der Waals surface area contributed by atoms with Crippen LogP contribution in [0.5, 0.6) is 0 Å². The number of anilines is 5. The molecule has 0 aliphatic carbocycles. The number of nitrogens with one attached hydrogen (secondary N) is 5. The van der Waals surface area contributed by atoms with Gasteiger partial charge in [0.15, 0.2) is 0 Å². The Morgan fingerprint density at radius 2 is 1.12 bits per heavy atom. The first-order chi connectivity index (χ1) is 23.7. The number of amides is 4. The molecule has 0 atom stereocenters. The number of likely N-dealkylation sites (N-methyl/N-ethyl adjacent to an activating group) is 1. The van der Waals surface area contributed by atoms with E-state index in [4.69, 9.17) is 34.8 Å². The molecule has 4 amide bonds. The van der Waals surface area contributed by atoms with E-state index in [1.165, 1.54) is 18.2 Å². The second-order valence-corrected chi connectivity index (χ2v) is 11.8. The monoisotopic (exact) mass is 780 g/mol. The highest BCUT2D eigenvalue weighted by Crippen LogP contribution is 2.37. The number of hydrogen-bond donors (Lipinski definition) is 5. The molecule has 0 spiro atoms. The number of halogens is 9. The van der Waals surface area contributed by atoms with Gasteiger partial charge in [-0.1, -0.05) is 34.8 Å². The lowest BCUT2D eigenvalue weighted by molar-refractivity contribution is -0.138. The quantitative estimate of drug-likeness (QED) is 0.0880. The molecule has 4 aromatic rings. The van der Waals surface area contributed by atoms with Gasteiger partial charge in [0.25, 0.3) is 0 Å². The molecule has 0 saturated heterocycles. The molecule has 0 aliphatic heterocycles. The molecular formula is C30H29Cl3F6N10O2. The molecule has 51 heavy (non-hydrogen) atoms. The van der Waals surface area contributed by atoms with Crippen LogP contribution in [-0.2, 0) is 12.4 Å². The molecule has 2 aromatic carbocycles. The van der Waals surface area contributed by atoms with Gasteiger partial charge in [-0.3, -0.25) is 10.6 Å². The lowest BCUT2D eigenvalue weighted by Crippen LogP contribution is -2.23. The number of aromatic nitrogens is 4. The van der Waals surface area contributed by atoms with Crippen LogP contribution < -0.4 is 26.6 Å². The fraction of sp³-hybridized carbons (Fsp3) is 0.267. The number of benzene rings is 2. The van der Waals surface area contributed by atoms with E-state index in [1.54, 1.807) is 19.9 Å². The molecule has 274 valence electrons. The Morgan fingerprint density at radius 3 is 1.55 bits per heavy atom. The zero-order valence-electron chi connectivity index (χ0n) is 27.0. The van der Waals surface area contributed by atoms with E-state index in [2.05, 4.69) is 46.5 Å². The number of hydrogen-bond acceptors (Lipinski definition) is 8. The summed E-state index contributed by atoms with van der Waals surface area (Å²) in [6, 6.07) is 7.70. The maximum atomic E-state index is 12.9. The van der Waals surface area contributed by atoms with Crippen LogP contribution in [-0.4, -0.2) is 64.1 Å². The summed E-state index contributed by atoms with van der Waals surface area (Å²) in [5.41, 5.74) is -1.10. The van der Waals surface area contributed by atoms with Crippen molar-refractivity contribution in [3.63, 3.8) is 0 Å². The number of urea groups is 2. The molecular weight excluding hydrogens is 753 g/mol. The van der Waals surface area contributed by atoms with Crippen LogP contribution in [0.15, 0.2) is 48.5 Å². The average Bonchev–Trinajstić information content (AvgIpc) is 2.97. The Morgan fingerprint density at radius 1 is 0.667 bits per heavy atom. The fourth-order valence-electron chi connectivity index (χ4n) is 3.88. The molecule has 21 heteroatoms. The molecule has 12 nitrogen and oxygen atoms in total. The second-order valence-electron chi connectivity index (χ2n) is 10.6. The lowest BCUT2D eigenvalue weighted by atomic mass is 10.2. The van der Waals surface area contributed by atoms with Crippen molar-refractivity contribution in [1.82, 2.24) is 24.8 Å². The number of rotatable bonds is 8. The van der Waals surface area contributed by atoms with Gasteiger partial charge >= 0.3 is 24.4 Å². The molecule has 0 saturated carbocycles. The van der Waals surface area contributed by atoms with E-state index in [9.17, 15) is 35.9 Å². The minimum absolute atomic E-state index is 0.0230. The van der Waals surface area contributed by atoms with Crippen LogP contribution in [0.4, 0.5) is 65.0 Å². The van der Waals surface area contributed by atoms with Crippen LogP contribution in [0.25, 0.3) is 0 Å². The Hall–Kier alpha value is -4.65. The highest BCUT2D eigenvalue weighted by Gasteiger charge is 2.34. The third-order valence-electron chi connectivity index (χ3n) is 6.05. The van der Waals surface area contributed by atoms with Crippen molar-refractivity contribution in [2.45, 2.75) is 26.2 Å². The highest BCUT2D eigenvalue weighted by atomic mass is 35.5. The molecule has 5 N–H and O–H groups in total. The topological polar surface area (TPSA) is 149 Å². The van der Waals surface area contributed by atoms with Crippen molar-refractivity contribution < 1.29 is 35.9 Å². The summed E-state index contributed by atoms with van der Waals surface area (Å²) in [7, 11) is 3.87. The maximum absolute atomic E-state index is 12.9. The first-order valence-electron chi connectivity index (χ1n) is 14.3. The van der Waals surface area contributed by atoms with Gasteiger partial charge in [0, 0.05) is 41.9 Å². The zero-order chi connectivity index (χ0) is 38.1. The van der Waals surface area contributed by atoms with Crippen LogP contribution in [0.1, 0.15) is 22.5 Å². The summed E-state index contributed by atoms with van der Waals surface area (Å²) in [5, 5.41) is 11.5. The van der Waals surface area contributed by atoms with Gasteiger partial charge in [-0.05, 0) is 70.4 Å². The largest absolute Gasteiger partial charge is 0.417 e.